The lowest BCUT2D eigenvalue weighted by molar-refractivity contribution is 0.0378. The molecule has 0 atom stereocenters. The Morgan fingerprint density at radius 1 is 1.06 bits per heavy atom. The summed E-state index contributed by atoms with van der Waals surface area (Å²) in [7, 11) is 0. The van der Waals surface area contributed by atoms with Crippen LogP contribution in [0.25, 0.3) is 22.2 Å². The Morgan fingerprint density at radius 2 is 1.78 bits per heavy atom. The third-order valence-electron chi connectivity index (χ3n) is 5.76. The fraction of sp³-hybridized carbons (Fsp3) is 0.276. The van der Waals surface area contributed by atoms with Gasteiger partial charge in [0.2, 0.25) is 0 Å². The van der Waals surface area contributed by atoms with E-state index in [-0.39, 0.29) is 12.0 Å². The van der Waals surface area contributed by atoms with E-state index in [1.165, 1.54) is 11.3 Å². The molecule has 1 N–H and O–H groups in total. The minimum absolute atomic E-state index is 0.258. The number of hydrogen-bond acceptors (Lipinski definition) is 6. The van der Waals surface area contributed by atoms with Crippen LogP contribution in [-0.4, -0.2) is 29.6 Å². The van der Waals surface area contributed by atoms with Crippen molar-refractivity contribution in [2.24, 2.45) is 0 Å². The topological polar surface area (TPSA) is 77.5 Å². The van der Waals surface area contributed by atoms with Gasteiger partial charge in [0, 0.05) is 15.8 Å². The highest BCUT2D eigenvalue weighted by Crippen LogP contribution is 2.35. The molecule has 0 bridgehead atoms. The van der Waals surface area contributed by atoms with Crippen molar-refractivity contribution < 1.29 is 19.1 Å². The first-order valence-corrected chi connectivity index (χ1v) is 12.9. The number of rotatable bonds is 8. The van der Waals surface area contributed by atoms with Crippen molar-refractivity contribution in [3.05, 3.63) is 76.2 Å². The molecule has 2 heterocycles. The van der Waals surface area contributed by atoms with Crippen molar-refractivity contribution in [2.45, 2.75) is 47.1 Å². The van der Waals surface area contributed by atoms with Crippen LogP contribution in [0.5, 0.6) is 5.75 Å². The lowest BCUT2D eigenvalue weighted by Crippen LogP contribution is -2.17. The van der Waals surface area contributed by atoms with Gasteiger partial charge in [-0.15, -0.1) is 11.3 Å². The van der Waals surface area contributed by atoms with E-state index in [4.69, 9.17) is 14.5 Å². The molecule has 6 nitrogen and oxygen atoms in total. The summed E-state index contributed by atoms with van der Waals surface area (Å²) >= 11 is 1.39. The molecule has 0 radical (unpaired) electrons. The van der Waals surface area contributed by atoms with Gasteiger partial charge in [-0.25, -0.2) is 9.78 Å². The van der Waals surface area contributed by atoms with Crippen LogP contribution in [0.3, 0.4) is 0 Å². The number of aromatic nitrogens is 1. The zero-order valence-corrected chi connectivity index (χ0v) is 22.0. The minimum atomic E-state index is -0.420. The van der Waals surface area contributed by atoms with Crippen LogP contribution in [0.2, 0.25) is 0 Å². The van der Waals surface area contributed by atoms with Crippen LogP contribution in [-0.2, 0) is 11.2 Å². The number of aryl methyl sites for hydroxylation is 1. The molecule has 0 saturated heterocycles. The van der Waals surface area contributed by atoms with Gasteiger partial charge in [0.15, 0.2) is 0 Å². The third kappa shape index (κ3) is 5.26. The fourth-order valence-corrected chi connectivity index (χ4v) is 5.28. The quantitative estimate of drug-likeness (QED) is 0.261. The molecule has 0 saturated carbocycles. The number of thiophene rings is 1. The molecule has 0 aliphatic rings. The number of anilines is 1. The second kappa shape index (κ2) is 10.9. The van der Waals surface area contributed by atoms with Gasteiger partial charge in [-0.3, -0.25) is 4.79 Å². The third-order valence-corrected chi connectivity index (χ3v) is 6.82. The number of nitrogens with zero attached hydrogens (tertiary/aromatic N) is 1. The molecule has 4 aromatic rings. The van der Waals surface area contributed by atoms with Crippen molar-refractivity contribution in [1.82, 2.24) is 4.98 Å². The summed E-state index contributed by atoms with van der Waals surface area (Å²) in [6.45, 7) is 10.1. The molecule has 0 unspecified atom stereocenters. The van der Waals surface area contributed by atoms with Crippen molar-refractivity contribution in [3.63, 3.8) is 0 Å². The summed E-state index contributed by atoms with van der Waals surface area (Å²) in [5.74, 6) is 0.0556. The summed E-state index contributed by atoms with van der Waals surface area (Å²) in [6.07, 6.45) is 0.410. The molecule has 1 amide bonds. The highest BCUT2D eigenvalue weighted by Gasteiger charge is 2.25. The molecule has 0 spiro atoms. The molecule has 186 valence electrons. The molecule has 4 rings (SSSR count). The molecule has 0 aliphatic carbocycles. The van der Waals surface area contributed by atoms with Crippen molar-refractivity contribution in [1.29, 1.82) is 0 Å². The number of carbonyl (C=O) groups excluding carboxylic acids is 2. The zero-order valence-electron chi connectivity index (χ0n) is 21.2. The SMILES string of the molecule is CCOc1ccc(-c2cc(C(=O)Nc3sc(C)c(CC)c3C(=O)OC(C)C)c3ccccc3n2)cc1. The molecule has 7 heteroatoms. The maximum absolute atomic E-state index is 13.7. The largest absolute Gasteiger partial charge is 0.494 e. The van der Waals surface area contributed by atoms with Gasteiger partial charge in [-0.05, 0) is 76.1 Å². The highest BCUT2D eigenvalue weighted by atomic mass is 32.1. The van der Waals surface area contributed by atoms with E-state index in [1.54, 1.807) is 6.07 Å². The molecule has 0 aliphatic heterocycles. The number of carbonyl (C=O) groups is 2. The van der Waals surface area contributed by atoms with Crippen LogP contribution in [0.15, 0.2) is 54.6 Å². The Kier molecular flexibility index (Phi) is 7.70. The van der Waals surface area contributed by atoms with Crippen LogP contribution in [0.1, 0.15) is 58.9 Å². The second-order valence-electron chi connectivity index (χ2n) is 8.63. The van der Waals surface area contributed by atoms with Gasteiger partial charge < -0.3 is 14.8 Å². The number of pyridine rings is 1. The normalized spacial score (nSPS) is 11.1. The van der Waals surface area contributed by atoms with E-state index in [0.717, 1.165) is 27.1 Å². The van der Waals surface area contributed by atoms with E-state index < -0.39 is 5.97 Å². The van der Waals surface area contributed by atoms with E-state index >= 15 is 0 Å². The maximum atomic E-state index is 13.7. The fourth-order valence-electron chi connectivity index (χ4n) is 4.15. The van der Waals surface area contributed by atoms with E-state index in [1.807, 2.05) is 83.1 Å². The van der Waals surface area contributed by atoms with Crippen LogP contribution in [0.4, 0.5) is 5.00 Å². The molecule has 36 heavy (non-hydrogen) atoms. The first kappa shape index (κ1) is 25.4. The van der Waals surface area contributed by atoms with E-state index in [0.29, 0.717) is 40.4 Å². The summed E-state index contributed by atoms with van der Waals surface area (Å²) in [5.41, 5.74) is 4.09. The van der Waals surface area contributed by atoms with Gasteiger partial charge in [-0.1, -0.05) is 25.1 Å². The Balaban J connectivity index is 1.75. The van der Waals surface area contributed by atoms with Gasteiger partial charge in [0.25, 0.3) is 5.91 Å². The number of amides is 1. The summed E-state index contributed by atoms with van der Waals surface area (Å²) in [5, 5.41) is 4.24. The first-order chi connectivity index (χ1) is 17.3. The Labute approximate surface area is 215 Å². The summed E-state index contributed by atoms with van der Waals surface area (Å²) < 4.78 is 11.0. The number of para-hydroxylation sites is 1. The molecule has 0 fully saturated rings. The smallest absolute Gasteiger partial charge is 0.341 e. The van der Waals surface area contributed by atoms with Gasteiger partial charge >= 0.3 is 5.97 Å². The number of hydrogen-bond donors (Lipinski definition) is 1. The number of esters is 1. The summed E-state index contributed by atoms with van der Waals surface area (Å²) in [6, 6.07) is 17.0. The molecule has 2 aromatic carbocycles. The first-order valence-electron chi connectivity index (χ1n) is 12.1. The highest BCUT2D eigenvalue weighted by molar-refractivity contribution is 7.16. The number of nitrogens with one attached hydrogen (secondary N) is 1. The zero-order chi connectivity index (χ0) is 25.8. The maximum Gasteiger partial charge on any atom is 0.341 e. The monoisotopic (exact) mass is 502 g/mol. The average Bonchev–Trinajstić information content (AvgIpc) is 3.18. The Morgan fingerprint density at radius 3 is 2.44 bits per heavy atom. The van der Waals surface area contributed by atoms with E-state index in [2.05, 4.69) is 5.32 Å². The second-order valence-corrected chi connectivity index (χ2v) is 9.86. The Bertz CT molecular complexity index is 1410. The van der Waals surface area contributed by atoms with Crippen LogP contribution < -0.4 is 10.1 Å². The van der Waals surface area contributed by atoms with Crippen molar-refractivity contribution in [3.8, 4) is 17.0 Å². The average molecular weight is 503 g/mol. The van der Waals surface area contributed by atoms with Gasteiger partial charge in [-0.2, -0.15) is 0 Å². The minimum Gasteiger partial charge on any atom is -0.494 e. The van der Waals surface area contributed by atoms with Crippen molar-refractivity contribution >= 4 is 39.1 Å². The standard InChI is InChI=1S/C29H30N2O4S/c1-6-21-18(5)36-28(26(21)29(33)35-17(3)4)31-27(32)23-16-25(30-24-11-9-8-10-22(23)24)19-12-14-20(15-13-19)34-7-2/h8-17H,6-7H2,1-5H3,(H,31,32). The van der Waals surface area contributed by atoms with Crippen LogP contribution >= 0.6 is 11.3 Å². The predicted molar refractivity (Wildman–Crippen MR) is 145 cm³/mol. The summed E-state index contributed by atoms with van der Waals surface area (Å²) in [4.78, 5) is 32.4. The number of benzene rings is 2. The molecular weight excluding hydrogens is 472 g/mol. The number of fused-ring (bicyclic) bond motifs is 1. The Hall–Kier alpha value is -3.71. The van der Waals surface area contributed by atoms with Crippen molar-refractivity contribution in [2.75, 3.05) is 11.9 Å². The van der Waals surface area contributed by atoms with Crippen LogP contribution in [0, 0.1) is 6.92 Å². The van der Waals surface area contributed by atoms with E-state index in [9.17, 15) is 9.59 Å². The number of ether oxygens (including phenoxy) is 2. The van der Waals surface area contributed by atoms with Gasteiger partial charge in [0.05, 0.1) is 35.0 Å². The lowest BCUT2D eigenvalue weighted by atomic mass is 10.0. The molecule has 2 aromatic heterocycles. The lowest BCUT2D eigenvalue weighted by Gasteiger charge is -2.13. The molecular formula is C29H30N2O4S. The predicted octanol–water partition coefficient (Wildman–Crippen LogP) is 7.05. The van der Waals surface area contributed by atoms with Gasteiger partial charge in [0.1, 0.15) is 10.8 Å².